The first-order chi connectivity index (χ1) is 16.4. The van der Waals surface area contributed by atoms with E-state index in [1.807, 2.05) is 60.7 Å². The molecule has 0 saturated heterocycles. The molecule has 2 amide bonds. The van der Waals surface area contributed by atoms with Gasteiger partial charge in [-0.25, -0.2) is 0 Å². The lowest BCUT2D eigenvalue weighted by Gasteiger charge is -2.17. The maximum atomic E-state index is 12.9. The highest BCUT2D eigenvalue weighted by atomic mass is 16.6. The smallest absolute Gasteiger partial charge is 0.325 e. The number of non-ortho nitro benzene ring substituents is 1. The number of ether oxygens (including phenoxy) is 1. The predicted octanol–water partition coefficient (Wildman–Crippen LogP) is 2.70. The number of carbonyl (C=O) groups is 3. The first-order valence-electron chi connectivity index (χ1n) is 10.5. The minimum absolute atomic E-state index is 0.109. The molecule has 0 aliphatic heterocycles. The van der Waals surface area contributed by atoms with Crippen LogP contribution in [0.15, 0.2) is 84.9 Å². The normalized spacial score (nSPS) is 10.4. The molecule has 0 atom stereocenters. The van der Waals surface area contributed by atoms with Gasteiger partial charge >= 0.3 is 5.97 Å². The second kappa shape index (κ2) is 11.9. The molecule has 0 fully saturated rings. The van der Waals surface area contributed by atoms with Crippen LogP contribution in [0.2, 0.25) is 0 Å². The van der Waals surface area contributed by atoms with E-state index in [-0.39, 0.29) is 24.7 Å². The summed E-state index contributed by atoms with van der Waals surface area (Å²) in [7, 11) is 0. The zero-order valence-electron chi connectivity index (χ0n) is 18.2. The molecule has 0 heterocycles. The van der Waals surface area contributed by atoms with Gasteiger partial charge in [-0.15, -0.1) is 0 Å². The highest BCUT2D eigenvalue weighted by Crippen LogP contribution is 2.24. The summed E-state index contributed by atoms with van der Waals surface area (Å²) in [6, 6.07) is 24.1. The molecule has 0 saturated carbocycles. The molecule has 3 rings (SSSR count). The number of esters is 1. The third kappa shape index (κ3) is 6.99. The van der Waals surface area contributed by atoms with Crippen LogP contribution in [0, 0.1) is 10.1 Å². The minimum Gasteiger partial charge on any atom is -0.459 e. The topological polar surface area (TPSA) is 128 Å². The van der Waals surface area contributed by atoms with Crippen LogP contribution in [-0.4, -0.2) is 35.8 Å². The molecule has 174 valence electrons. The van der Waals surface area contributed by atoms with Crippen molar-refractivity contribution in [2.24, 2.45) is 0 Å². The summed E-state index contributed by atoms with van der Waals surface area (Å²) < 4.78 is 5.03. The number of rotatable bonds is 10. The first kappa shape index (κ1) is 24.1. The SMILES string of the molecule is O=C(CNC(=O)C(c1ccccc1)c1ccccc1)NCC(=O)OCc1cccc([N+](=O)[O-])c1. The van der Waals surface area contributed by atoms with E-state index in [1.165, 1.54) is 18.2 Å². The van der Waals surface area contributed by atoms with Gasteiger partial charge in [0.05, 0.1) is 17.4 Å². The Bertz CT molecular complexity index is 1110. The zero-order chi connectivity index (χ0) is 24.3. The number of amides is 2. The standard InChI is InChI=1S/C25H23N3O6/c29-22(26-16-23(30)34-17-18-8-7-13-21(14-18)28(32)33)15-27-25(31)24(19-9-3-1-4-10-19)20-11-5-2-6-12-20/h1-14,24H,15-17H2,(H,26,29)(H,27,31). The maximum Gasteiger partial charge on any atom is 0.325 e. The van der Waals surface area contributed by atoms with Crippen molar-refractivity contribution in [2.75, 3.05) is 13.1 Å². The van der Waals surface area contributed by atoms with Crippen LogP contribution < -0.4 is 10.6 Å². The molecule has 0 radical (unpaired) electrons. The van der Waals surface area contributed by atoms with Gasteiger partial charge in [-0.05, 0) is 16.7 Å². The number of nitro benzene ring substituents is 1. The molecule has 9 heteroatoms. The fraction of sp³-hybridized carbons (Fsp3) is 0.160. The van der Waals surface area contributed by atoms with Gasteiger partial charge in [-0.1, -0.05) is 72.8 Å². The van der Waals surface area contributed by atoms with Crippen LogP contribution in [0.5, 0.6) is 0 Å². The Morgan fingerprint density at radius 2 is 1.44 bits per heavy atom. The monoisotopic (exact) mass is 461 g/mol. The molecule has 34 heavy (non-hydrogen) atoms. The van der Waals surface area contributed by atoms with Crippen LogP contribution in [-0.2, 0) is 25.7 Å². The molecule has 0 unspecified atom stereocenters. The van der Waals surface area contributed by atoms with Gasteiger partial charge in [-0.3, -0.25) is 24.5 Å². The highest BCUT2D eigenvalue weighted by Gasteiger charge is 2.23. The maximum absolute atomic E-state index is 12.9. The average Bonchev–Trinajstić information content (AvgIpc) is 2.86. The van der Waals surface area contributed by atoms with Crippen molar-refractivity contribution >= 4 is 23.5 Å². The molecule has 3 aromatic rings. The Morgan fingerprint density at radius 1 is 0.824 bits per heavy atom. The molecule has 0 bridgehead atoms. The van der Waals surface area contributed by atoms with Gasteiger partial charge in [0.1, 0.15) is 13.2 Å². The number of hydrogen-bond acceptors (Lipinski definition) is 6. The number of nitrogens with one attached hydrogen (secondary N) is 2. The summed E-state index contributed by atoms with van der Waals surface area (Å²) in [5.74, 6) is -2.20. The average molecular weight is 461 g/mol. The van der Waals surface area contributed by atoms with E-state index < -0.39 is 29.3 Å². The number of benzene rings is 3. The van der Waals surface area contributed by atoms with E-state index >= 15 is 0 Å². The van der Waals surface area contributed by atoms with E-state index in [9.17, 15) is 24.5 Å². The Labute approximate surface area is 195 Å². The van der Waals surface area contributed by atoms with Crippen molar-refractivity contribution in [3.8, 4) is 0 Å². The van der Waals surface area contributed by atoms with Crippen LogP contribution in [0.25, 0.3) is 0 Å². The third-order valence-corrected chi connectivity index (χ3v) is 4.90. The molecule has 0 aromatic heterocycles. The van der Waals surface area contributed by atoms with Crippen molar-refractivity contribution in [2.45, 2.75) is 12.5 Å². The van der Waals surface area contributed by atoms with Gasteiger partial charge in [0.2, 0.25) is 11.8 Å². The number of nitro groups is 1. The van der Waals surface area contributed by atoms with Crippen LogP contribution >= 0.6 is 0 Å². The van der Waals surface area contributed by atoms with Crippen LogP contribution in [0.3, 0.4) is 0 Å². The Kier molecular flexibility index (Phi) is 8.45. The van der Waals surface area contributed by atoms with E-state index in [0.29, 0.717) is 5.56 Å². The van der Waals surface area contributed by atoms with Gasteiger partial charge in [-0.2, -0.15) is 0 Å². The van der Waals surface area contributed by atoms with Crippen molar-refractivity contribution in [3.63, 3.8) is 0 Å². The molecule has 0 aliphatic rings. The molecular weight excluding hydrogens is 438 g/mol. The fourth-order valence-electron chi connectivity index (χ4n) is 3.26. The van der Waals surface area contributed by atoms with E-state index in [2.05, 4.69) is 10.6 Å². The lowest BCUT2D eigenvalue weighted by molar-refractivity contribution is -0.384. The highest BCUT2D eigenvalue weighted by molar-refractivity contribution is 5.91. The van der Waals surface area contributed by atoms with E-state index in [1.54, 1.807) is 6.07 Å². The van der Waals surface area contributed by atoms with Crippen molar-refractivity contribution in [3.05, 3.63) is 112 Å². The van der Waals surface area contributed by atoms with Crippen LogP contribution in [0.1, 0.15) is 22.6 Å². The molecule has 0 aliphatic carbocycles. The molecule has 0 spiro atoms. The van der Waals surface area contributed by atoms with Crippen molar-refractivity contribution in [1.82, 2.24) is 10.6 Å². The van der Waals surface area contributed by atoms with Gasteiger partial charge in [0.25, 0.3) is 5.69 Å². The summed E-state index contributed by atoms with van der Waals surface area (Å²) >= 11 is 0. The fourth-order valence-corrected chi connectivity index (χ4v) is 3.26. The van der Waals surface area contributed by atoms with Gasteiger partial charge in [0.15, 0.2) is 0 Å². The third-order valence-electron chi connectivity index (χ3n) is 4.90. The Balaban J connectivity index is 1.48. The van der Waals surface area contributed by atoms with Crippen molar-refractivity contribution in [1.29, 1.82) is 0 Å². The van der Waals surface area contributed by atoms with Crippen molar-refractivity contribution < 1.29 is 24.0 Å². The summed E-state index contributed by atoms with van der Waals surface area (Å²) in [5.41, 5.74) is 1.92. The molecule has 9 nitrogen and oxygen atoms in total. The van der Waals surface area contributed by atoms with E-state index in [0.717, 1.165) is 11.1 Å². The second-order valence-corrected chi connectivity index (χ2v) is 7.34. The first-order valence-corrected chi connectivity index (χ1v) is 10.5. The summed E-state index contributed by atoms with van der Waals surface area (Å²) in [4.78, 5) is 47.2. The summed E-state index contributed by atoms with van der Waals surface area (Å²) in [6.45, 7) is -0.874. The predicted molar refractivity (Wildman–Crippen MR) is 124 cm³/mol. The molecular formula is C25H23N3O6. The minimum atomic E-state index is -0.711. The van der Waals surface area contributed by atoms with E-state index in [4.69, 9.17) is 4.74 Å². The lowest BCUT2D eigenvalue weighted by atomic mass is 9.90. The number of nitrogens with zero attached hydrogens (tertiary/aromatic N) is 1. The largest absolute Gasteiger partial charge is 0.459 e. The lowest BCUT2D eigenvalue weighted by Crippen LogP contribution is -2.41. The Morgan fingerprint density at radius 3 is 2.03 bits per heavy atom. The summed E-state index contributed by atoms with van der Waals surface area (Å²) in [6.07, 6.45) is 0. The number of carbonyl (C=O) groups excluding carboxylic acids is 3. The summed E-state index contributed by atoms with van der Waals surface area (Å²) in [5, 5.41) is 15.8. The second-order valence-electron chi connectivity index (χ2n) is 7.34. The Hall–Kier alpha value is -4.53. The quantitative estimate of drug-likeness (QED) is 0.271. The van der Waals surface area contributed by atoms with Crippen LogP contribution in [0.4, 0.5) is 5.69 Å². The molecule has 2 N–H and O–H groups in total. The van der Waals surface area contributed by atoms with Gasteiger partial charge < -0.3 is 15.4 Å². The zero-order valence-corrected chi connectivity index (χ0v) is 18.2. The van der Waals surface area contributed by atoms with Gasteiger partial charge in [0, 0.05) is 12.1 Å². The number of hydrogen-bond donors (Lipinski definition) is 2. The molecule has 3 aromatic carbocycles.